The fourth-order valence-corrected chi connectivity index (χ4v) is 2.39. The molecule has 0 aliphatic carbocycles. The highest BCUT2D eigenvalue weighted by atomic mass is 32.2. The van der Waals surface area contributed by atoms with Crippen LogP contribution in [0.2, 0.25) is 0 Å². The van der Waals surface area contributed by atoms with Crippen LogP contribution in [-0.4, -0.2) is 19.3 Å². The van der Waals surface area contributed by atoms with Crippen LogP contribution in [0.25, 0.3) is 11.3 Å². The van der Waals surface area contributed by atoms with Crippen LogP contribution in [0.1, 0.15) is 16.1 Å². The molecule has 0 amide bonds. The van der Waals surface area contributed by atoms with Gasteiger partial charge in [0.25, 0.3) is 10.1 Å². The van der Waals surface area contributed by atoms with E-state index in [0.717, 1.165) is 0 Å². The number of carbonyl (C=O) groups excluding carboxylic acids is 1. The molecule has 0 unspecified atom stereocenters. The maximum atomic E-state index is 11.3. The molecule has 5 nitrogen and oxygen atoms in total. The fourth-order valence-electron chi connectivity index (χ4n) is 1.61. The summed E-state index contributed by atoms with van der Waals surface area (Å²) in [4.78, 5) is 10.3. The highest BCUT2D eigenvalue weighted by Crippen LogP contribution is 2.29. The lowest BCUT2D eigenvalue weighted by molar-refractivity contribution is 0.110. The van der Waals surface area contributed by atoms with Gasteiger partial charge in [-0.25, -0.2) is 0 Å². The SMILES string of the molecule is Cc1ccc(-c2ccc(C=O)o2)c(S(=O)(=O)O)c1. The van der Waals surface area contributed by atoms with E-state index in [1.165, 1.54) is 24.3 Å². The van der Waals surface area contributed by atoms with E-state index < -0.39 is 10.1 Å². The van der Waals surface area contributed by atoms with Gasteiger partial charge in [0.2, 0.25) is 0 Å². The topological polar surface area (TPSA) is 84.6 Å². The van der Waals surface area contributed by atoms with Crippen LogP contribution in [-0.2, 0) is 10.1 Å². The summed E-state index contributed by atoms with van der Waals surface area (Å²) < 4.78 is 36.9. The maximum Gasteiger partial charge on any atom is 0.295 e. The summed E-state index contributed by atoms with van der Waals surface area (Å²) in [6.45, 7) is 1.71. The van der Waals surface area contributed by atoms with E-state index in [1.54, 1.807) is 13.0 Å². The Labute approximate surface area is 104 Å². The molecular weight excluding hydrogens is 256 g/mol. The van der Waals surface area contributed by atoms with Crippen molar-refractivity contribution < 1.29 is 22.2 Å². The van der Waals surface area contributed by atoms with Crippen molar-refractivity contribution in [2.45, 2.75) is 11.8 Å². The number of carbonyl (C=O) groups is 1. The first-order valence-corrected chi connectivity index (χ1v) is 6.49. The molecule has 2 aromatic rings. The molecule has 0 bridgehead atoms. The Kier molecular flexibility index (Phi) is 3.06. The molecule has 1 N–H and O–H groups in total. The van der Waals surface area contributed by atoms with Gasteiger partial charge >= 0.3 is 0 Å². The van der Waals surface area contributed by atoms with Crippen molar-refractivity contribution in [3.8, 4) is 11.3 Å². The van der Waals surface area contributed by atoms with Crippen molar-refractivity contribution in [2.24, 2.45) is 0 Å². The minimum absolute atomic E-state index is 0.0897. The normalized spacial score (nSPS) is 11.4. The summed E-state index contributed by atoms with van der Waals surface area (Å²) in [7, 11) is -4.35. The largest absolute Gasteiger partial charge is 0.453 e. The average molecular weight is 266 g/mol. The van der Waals surface area contributed by atoms with Gasteiger partial charge < -0.3 is 4.42 Å². The molecule has 0 saturated heterocycles. The second kappa shape index (κ2) is 4.40. The average Bonchev–Trinajstić information content (AvgIpc) is 2.76. The van der Waals surface area contributed by atoms with Gasteiger partial charge in [0.15, 0.2) is 12.0 Å². The van der Waals surface area contributed by atoms with Crippen LogP contribution in [0.3, 0.4) is 0 Å². The van der Waals surface area contributed by atoms with Crippen LogP contribution < -0.4 is 0 Å². The summed E-state index contributed by atoms with van der Waals surface area (Å²) in [6.07, 6.45) is 0.519. The van der Waals surface area contributed by atoms with Gasteiger partial charge in [-0.05, 0) is 36.8 Å². The number of hydrogen-bond donors (Lipinski definition) is 1. The Balaban J connectivity index is 2.67. The van der Waals surface area contributed by atoms with Gasteiger partial charge in [0.05, 0.1) is 0 Å². The minimum atomic E-state index is -4.35. The molecule has 0 spiro atoms. The summed E-state index contributed by atoms with van der Waals surface area (Å²) in [5.74, 6) is 0.302. The van der Waals surface area contributed by atoms with Crippen molar-refractivity contribution in [3.05, 3.63) is 41.7 Å². The van der Waals surface area contributed by atoms with Gasteiger partial charge in [-0.1, -0.05) is 6.07 Å². The lowest BCUT2D eigenvalue weighted by atomic mass is 10.1. The smallest absolute Gasteiger partial charge is 0.295 e. The molecule has 0 saturated carbocycles. The maximum absolute atomic E-state index is 11.3. The second-order valence-electron chi connectivity index (χ2n) is 3.79. The monoisotopic (exact) mass is 266 g/mol. The number of hydrogen-bond acceptors (Lipinski definition) is 4. The van der Waals surface area contributed by atoms with E-state index in [4.69, 9.17) is 4.42 Å². The highest BCUT2D eigenvalue weighted by Gasteiger charge is 2.18. The summed E-state index contributed by atoms with van der Waals surface area (Å²) in [6, 6.07) is 7.45. The molecule has 1 heterocycles. The zero-order valence-electron chi connectivity index (χ0n) is 9.45. The van der Waals surface area contributed by atoms with E-state index in [9.17, 15) is 17.8 Å². The second-order valence-corrected chi connectivity index (χ2v) is 5.18. The number of aryl methyl sites for hydroxylation is 1. The van der Waals surface area contributed by atoms with E-state index in [2.05, 4.69) is 0 Å². The Bertz CT molecular complexity index is 697. The van der Waals surface area contributed by atoms with E-state index in [0.29, 0.717) is 11.8 Å². The van der Waals surface area contributed by atoms with E-state index >= 15 is 0 Å². The molecule has 0 radical (unpaired) electrons. The van der Waals surface area contributed by atoms with Crippen molar-refractivity contribution in [1.29, 1.82) is 0 Å². The third kappa shape index (κ3) is 2.34. The lowest BCUT2D eigenvalue weighted by Gasteiger charge is -2.05. The lowest BCUT2D eigenvalue weighted by Crippen LogP contribution is -2.01. The third-order valence-corrected chi connectivity index (χ3v) is 3.32. The van der Waals surface area contributed by atoms with Crippen LogP contribution in [0, 0.1) is 6.92 Å². The Morgan fingerprint density at radius 2 is 1.94 bits per heavy atom. The number of furan rings is 1. The minimum Gasteiger partial charge on any atom is -0.453 e. The first-order valence-electron chi connectivity index (χ1n) is 5.05. The zero-order chi connectivity index (χ0) is 13.3. The third-order valence-electron chi connectivity index (χ3n) is 2.42. The van der Waals surface area contributed by atoms with Gasteiger partial charge in [0, 0.05) is 5.56 Å². The molecule has 18 heavy (non-hydrogen) atoms. The predicted molar refractivity (Wildman–Crippen MR) is 64.1 cm³/mol. The first-order chi connectivity index (χ1) is 8.41. The summed E-state index contributed by atoms with van der Waals surface area (Å²) >= 11 is 0. The zero-order valence-corrected chi connectivity index (χ0v) is 10.3. The van der Waals surface area contributed by atoms with E-state index in [-0.39, 0.29) is 22.0 Å². The number of aldehydes is 1. The van der Waals surface area contributed by atoms with Gasteiger partial charge in [-0.3, -0.25) is 9.35 Å². The molecule has 0 aliphatic heterocycles. The van der Waals surface area contributed by atoms with Crippen molar-refractivity contribution in [3.63, 3.8) is 0 Å². The standard InChI is InChI=1S/C12H10O5S/c1-8-2-4-10(12(6-8)18(14,15)16)11-5-3-9(7-13)17-11/h2-7H,1H3,(H,14,15,16). The molecule has 1 aromatic carbocycles. The quantitative estimate of drug-likeness (QED) is 0.680. The molecule has 94 valence electrons. The summed E-state index contributed by atoms with van der Waals surface area (Å²) in [5, 5.41) is 0. The molecule has 0 aliphatic rings. The molecule has 0 atom stereocenters. The van der Waals surface area contributed by atoms with Crippen LogP contribution in [0.4, 0.5) is 0 Å². The predicted octanol–water partition coefficient (Wildman–Crippen LogP) is 2.31. The molecule has 2 rings (SSSR count). The first kappa shape index (κ1) is 12.5. The van der Waals surface area contributed by atoms with Crippen LogP contribution >= 0.6 is 0 Å². The van der Waals surface area contributed by atoms with Gasteiger partial charge in [0.1, 0.15) is 10.7 Å². The Morgan fingerprint density at radius 1 is 1.22 bits per heavy atom. The van der Waals surface area contributed by atoms with Crippen LogP contribution in [0.5, 0.6) is 0 Å². The van der Waals surface area contributed by atoms with Gasteiger partial charge in [-0.2, -0.15) is 8.42 Å². The molecular formula is C12H10O5S. The van der Waals surface area contributed by atoms with Crippen molar-refractivity contribution >= 4 is 16.4 Å². The highest BCUT2D eigenvalue weighted by molar-refractivity contribution is 7.86. The number of rotatable bonds is 3. The van der Waals surface area contributed by atoms with Gasteiger partial charge in [-0.15, -0.1) is 0 Å². The van der Waals surface area contributed by atoms with Crippen LogP contribution in [0.15, 0.2) is 39.6 Å². The Hall–Kier alpha value is -1.92. The Morgan fingerprint density at radius 3 is 2.50 bits per heavy atom. The molecule has 6 heteroatoms. The molecule has 0 fully saturated rings. The van der Waals surface area contributed by atoms with Crippen molar-refractivity contribution in [2.75, 3.05) is 0 Å². The molecule has 1 aromatic heterocycles. The fraction of sp³-hybridized carbons (Fsp3) is 0.0833. The van der Waals surface area contributed by atoms with E-state index in [1.807, 2.05) is 0 Å². The summed E-state index contributed by atoms with van der Waals surface area (Å²) in [5.41, 5.74) is 0.907. The number of benzene rings is 1. The van der Waals surface area contributed by atoms with Crippen molar-refractivity contribution in [1.82, 2.24) is 0 Å².